The molecule has 0 aromatic heterocycles. The highest BCUT2D eigenvalue weighted by Crippen LogP contribution is 2.22. The predicted molar refractivity (Wildman–Crippen MR) is 49.2 cm³/mol. The molecule has 1 fully saturated rings. The lowest BCUT2D eigenvalue weighted by atomic mass is 10.4. The summed E-state index contributed by atoms with van der Waals surface area (Å²) in [4.78, 5) is 23.8. The first-order valence-electron chi connectivity index (χ1n) is 4.13. The highest BCUT2D eigenvalue weighted by atomic mass is 32.2. The second kappa shape index (κ2) is 4.60. The zero-order valence-electron chi connectivity index (χ0n) is 7.46. The van der Waals surface area contributed by atoms with Gasteiger partial charge in [-0.05, 0) is 12.7 Å². The Bertz CT molecular complexity index is 222. The molecule has 0 N–H and O–H groups in total. The van der Waals surface area contributed by atoms with Crippen molar-refractivity contribution in [3.63, 3.8) is 0 Å². The predicted octanol–water partition coefficient (Wildman–Crippen LogP) is 0.837. The highest BCUT2D eigenvalue weighted by molar-refractivity contribution is 8.00. The SMILES string of the molecule is CSC1CC(=O)N(CCC[18F])C1=O. The first-order chi connectivity index (χ1) is 6.20. The van der Waals surface area contributed by atoms with Gasteiger partial charge in [0.2, 0.25) is 11.8 Å². The number of hydrogen-bond donors (Lipinski definition) is 0. The molecule has 1 saturated heterocycles. The molecular formula is C8H12FNO2S. The van der Waals surface area contributed by atoms with Crippen molar-refractivity contribution < 1.29 is 14.0 Å². The number of thioether (sulfide) groups is 1. The van der Waals surface area contributed by atoms with Gasteiger partial charge in [0.1, 0.15) is 0 Å². The molecular weight excluding hydrogens is 192 g/mol. The number of halogens is 1. The van der Waals surface area contributed by atoms with Gasteiger partial charge in [0.05, 0.1) is 11.9 Å². The maximum atomic E-state index is 11.8. The van der Waals surface area contributed by atoms with E-state index in [1.54, 1.807) is 6.26 Å². The van der Waals surface area contributed by atoms with Crippen LogP contribution < -0.4 is 0 Å². The maximum Gasteiger partial charge on any atom is 0.242 e. The normalized spacial score (nSPS) is 22.9. The van der Waals surface area contributed by atoms with E-state index in [0.717, 1.165) is 0 Å². The van der Waals surface area contributed by atoms with E-state index < -0.39 is 6.67 Å². The van der Waals surface area contributed by atoms with Crippen molar-refractivity contribution in [1.29, 1.82) is 0 Å². The van der Waals surface area contributed by atoms with E-state index in [1.165, 1.54) is 16.7 Å². The Hall–Kier alpha value is -0.580. The van der Waals surface area contributed by atoms with Gasteiger partial charge >= 0.3 is 0 Å². The first-order valence-corrected chi connectivity index (χ1v) is 5.42. The van der Waals surface area contributed by atoms with Crippen molar-refractivity contribution in [1.82, 2.24) is 4.90 Å². The van der Waals surface area contributed by atoms with E-state index in [-0.39, 0.29) is 36.5 Å². The van der Waals surface area contributed by atoms with Crippen LogP contribution in [0.15, 0.2) is 0 Å². The van der Waals surface area contributed by atoms with Crippen molar-refractivity contribution in [3.8, 4) is 0 Å². The summed E-state index contributed by atoms with van der Waals surface area (Å²) in [5, 5.41) is -0.243. The highest BCUT2D eigenvalue weighted by Gasteiger charge is 2.37. The van der Waals surface area contributed by atoms with Gasteiger partial charge in [-0.25, -0.2) is 0 Å². The third-order valence-electron chi connectivity index (χ3n) is 2.00. The van der Waals surface area contributed by atoms with Gasteiger partial charge in [0.25, 0.3) is 0 Å². The van der Waals surface area contributed by atoms with Crippen LogP contribution in [0.4, 0.5) is 4.39 Å². The molecule has 1 aliphatic rings. The number of nitrogens with zero attached hydrogens (tertiary/aromatic N) is 1. The van der Waals surface area contributed by atoms with E-state index in [1.807, 2.05) is 0 Å². The summed E-state index contributed by atoms with van der Waals surface area (Å²) in [5.41, 5.74) is 0. The third kappa shape index (κ3) is 2.21. The summed E-state index contributed by atoms with van der Waals surface area (Å²) in [7, 11) is 0. The van der Waals surface area contributed by atoms with Gasteiger partial charge in [0, 0.05) is 13.0 Å². The molecule has 0 saturated carbocycles. The number of amides is 2. The van der Waals surface area contributed by atoms with Crippen LogP contribution in [0.3, 0.4) is 0 Å². The van der Waals surface area contributed by atoms with E-state index in [0.29, 0.717) is 0 Å². The second-order valence-electron chi connectivity index (χ2n) is 2.85. The molecule has 1 atom stereocenters. The molecule has 0 aromatic carbocycles. The van der Waals surface area contributed by atoms with E-state index >= 15 is 0 Å². The van der Waals surface area contributed by atoms with Gasteiger partial charge in [-0.1, -0.05) is 0 Å². The number of hydrogen-bond acceptors (Lipinski definition) is 3. The van der Waals surface area contributed by atoms with Crippen molar-refractivity contribution in [2.45, 2.75) is 18.1 Å². The fourth-order valence-corrected chi connectivity index (χ4v) is 1.93. The summed E-state index contributed by atoms with van der Waals surface area (Å²) in [6.45, 7) is -0.258. The van der Waals surface area contributed by atoms with Crippen molar-refractivity contribution >= 4 is 23.6 Å². The van der Waals surface area contributed by atoms with Crippen LogP contribution in [0.2, 0.25) is 0 Å². The average molecular weight is 204 g/mol. The Morgan fingerprint density at radius 2 is 2.31 bits per heavy atom. The van der Waals surface area contributed by atoms with E-state index in [2.05, 4.69) is 0 Å². The number of carbonyl (C=O) groups excluding carboxylic acids is 2. The smallest absolute Gasteiger partial charge is 0.242 e. The largest absolute Gasteiger partial charge is 0.282 e. The zero-order chi connectivity index (χ0) is 9.84. The molecule has 1 unspecified atom stereocenters. The fraction of sp³-hybridized carbons (Fsp3) is 0.750. The standard InChI is InChI=1S/C8H12FNO2S/c1-13-6-5-7(11)10(8(6)12)4-2-3-9/h6H,2-5H2,1H3/i9-1. The minimum absolute atomic E-state index is 0.161. The average Bonchev–Trinajstić information content (AvgIpc) is 2.39. The van der Waals surface area contributed by atoms with Crippen LogP contribution in [-0.2, 0) is 9.59 Å². The number of likely N-dealkylation sites (tertiary alicyclic amines) is 1. The Balaban J connectivity index is 2.54. The quantitative estimate of drug-likeness (QED) is 0.637. The van der Waals surface area contributed by atoms with Gasteiger partial charge in [-0.15, -0.1) is 0 Å². The Labute approximate surface area is 80.7 Å². The molecule has 0 bridgehead atoms. The summed E-state index contributed by atoms with van der Waals surface area (Å²) in [6.07, 6.45) is 2.32. The molecule has 1 heterocycles. The maximum absolute atomic E-state index is 11.8. The number of carbonyl (C=O) groups is 2. The van der Waals surface area contributed by atoms with Crippen LogP contribution in [0.1, 0.15) is 12.8 Å². The molecule has 74 valence electrons. The van der Waals surface area contributed by atoms with Crippen LogP contribution in [-0.4, -0.2) is 41.4 Å². The van der Waals surface area contributed by atoms with E-state index in [4.69, 9.17) is 0 Å². The molecule has 2 amide bonds. The summed E-state index contributed by atoms with van der Waals surface area (Å²) < 4.78 is 11.8. The topological polar surface area (TPSA) is 37.4 Å². The van der Waals surface area contributed by atoms with Crippen molar-refractivity contribution in [2.24, 2.45) is 0 Å². The summed E-state index contributed by atoms with van der Waals surface area (Å²) >= 11 is 1.38. The van der Waals surface area contributed by atoms with Crippen LogP contribution in [0, 0.1) is 0 Å². The van der Waals surface area contributed by atoms with Crippen LogP contribution in [0.25, 0.3) is 0 Å². The molecule has 0 aromatic rings. The van der Waals surface area contributed by atoms with Gasteiger partial charge in [-0.3, -0.25) is 18.9 Å². The minimum Gasteiger partial charge on any atom is -0.282 e. The Kier molecular flexibility index (Phi) is 3.71. The summed E-state index contributed by atoms with van der Waals surface area (Å²) in [6, 6.07) is 0. The molecule has 0 radical (unpaired) electrons. The Morgan fingerprint density at radius 3 is 2.77 bits per heavy atom. The summed E-state index contributed by atoms with van der Waals surface area (Å²) in [5.74, 6) is -0.330. The van der Waals surface area contributed by atoms with Crippen molar-refractivity contribution in [3.05, 3.63) is 0 Å². The van der Waals surface area contributed by atoms with Gasteiger partial charge in [-0.2, -0.15) is 11.8 Å². The zero-order valence-corrected chi connectivity index (χ0v) is 8.27. The van der Waals surface area contributed by atoms with E-state index in [9.17, 15) is 14.0 Å². The first kappa shape index (κ1) is 10.5. The molecule has 0 spiro atoms. The lowest BCUT2D eigenvalue weighted by Crippen LogP contribution is -2.32. The minimum atomic E-state index is -0.485. The molecule has 13 heavy (non-hydrogen) atoms. The molecule has 1 aliphatic heterocycles. The molecule has 5 heteroatoms. The van der Waals surface area contributed by atoms with Crippen LogP contribution in [0.5, 0.6) is 0 Å². The van der Waals surface area contributed by atoms with Gasteiger partial charge < -0.3 is 0 Å². The lowest BCUT2D eigenvalue weighted by Gasteiger charge is -2.12. The number of imide groups is 1. The molecule has 1 rings (SSSR count). The number of alkyl halides is 1. The second-order valence-corrected chi connectivity index (χ2v) is 3.90. The Morgan fingerprint density at radius 1 is 1.62 bits per heavy atom. The van der Waals surface area contributed by atoms with Crippen LogP contribution >= 0.6 is 11.8 Å². The van der Waals surface area contributed by atoms with Crippen molar-refractivity contribution in [2.75, 3.05) is 19.5 Å². The monoisotopic (exact) mass is 204 g/mol. The number of rotatable bonds is 4. The fourth-order valence-electron chi connectivity index (χ4n) is 1.29. The lowest BCUT2D eigenvalue weighted by molar-refractivity contribution is -0.138. The van der Waals surface area contributed by atoms with Gasteiger partial charge in [0.15, 0.2) is 0 Å². The molecule has 0 aliphatic carbocycles. The molecule has 3 nitrogen and oxygen atoms in total. The third-order valence-corrected chi connectivity index (χ3v) is 2.94.